The summed E-state index contributed by atoms with van der Waals surface area (Å²) in [4.78, 5) is 15.1. The van der Waals surface area contributed by atoms with Crippen molar-refractivity contribution in [1.29, 1.82) is 5.26 Å². The zero-order valence-electron chi connectivity index (χ0n) is 15.3. The van der Waals surface area contributed by atoms with Crippen molar-refractivity contribution in [3.63, 3.8) is 0 Å². The van der Waals surface area contributed by atoms with Crippen molar-refractivity contribution in [3.8, 4) is 17.2 Å². The molecule has 2 fully saturated rings. The highest BCUT2D eigenvalue weighted by Gasteiger charge is 2.61. The van der Waals surface area contributed by atoms with Crippen LogP contribution in [0.3, 0.4) is 0 Å². The van der Waals surface area contributed by atoms with Crippen LogP contribution in [0, 0.1) is 28.6 Å². The predicted molar refractivity (Wildman–Crippen MR) is 99.7 cm³/mol. The van der Waals surface area contributed by atoms with Crippen molar-refractivity contribution in [2.45, 2.75) is 19.8 Å². The van der Waals surface area contributed by atoms with Gasteiger partial charge in [-0.2, -0.15) is 15.5 Å². The van der Waals surface area contributed by atoms with Crippen LogP contribution in [-0.4, -0.2) is 31.8 Å². The Labute approximate surface area is 156 Å². The minimum absolute atomic E-state index is 0.0171. The van der Waals surface area contributed by atoms with Gasteiger partial charge in [-0.05, 0) is 30.9 Å². The lowest BCUT2D eigenvalue weighted by molar-refractivity contribution is -0.124. The summed E-state index contributed by atoms with van der Waals surface area (Å²) in [5, 5.41) is 18.5. The summed E-state index contributed by atoms with van der Waals surface area (Å²) in [6, 6.07) is 6.29. The second-order valence-corrected chi connectivity index (χ2v) is 7.75. The molecular weight excluding hydrogens is 340 g/mol. The van der Waals surface area contributed by atoms with Gasteiger partial charge in [0.25, 0.3) is 0 Å². The van der Waals surface area contributed by atoms with E-state index in [1.165, 1.54) is 0 Å². The van der Waals surface area contributed by atoms with Gasteiger partial charge in [0.05, 0.1) is 23.5 Å². The largest absolute Gasteiger partial charge is 0.309 e. The number of hydrogen-bond acceptors (Lipinski definition) is 4. The van der Waals surface area contributed by atoms with E-state index < -0.39 is 5.41 Å². The van der Waals surface area contributed by atoms with Crippen LogP contribution in [-0.2, 0) is 11.8 Å². The molecule has 1 aliphatic heterocycles. The van der Waals surface area contributed by atoms with Crippen LogP contribution >= 0.6 is 0 Å². The monoisotopic (exact) mass is 360 g/mol. The SMILES string of the molecule is C[C@@H]1CN(c2ccnn3cc(-c4cnn(C)c4)cc23)C(=O)[C@@]1(C#N)C1CC1. The predicted octanol–water partition coefficient (Wildman–Crippen LogP) is 2.64. The number of hydrogen-bond donors (Lipinski definition) is 0. The van der Waals surface area contributed by atoms with Crippen molar-refractivity contribution >= 4 is 17.1 Å². The molecule has 1 amide bonds. The molecule has 2 aliphatic rings. The Hall–Kier alpha value is -3.14. The lowest BCUT2D eigenvalue weighted by atomic mass is 9.75. The maximum Gasteiger partial charge on any atom is 0.248 e. The smallest absolute Gasteiger partial charge is 0.248 e. The molecule has 3 aromatic heterocycles. The van der Waals surface area contributed by atoms with Gasteiger partial charge in [0.1, 0.15) is 5.41 Å². The highest BCUT2D eigenvalue weighted by molar-refractivity contribution is 6.05. The van der Waals surface area contributed by atoms with Crippen LogP contribution in [0.2, 0.25) is 0 Å². The molecule has 7 heteroatoms. The van der Waals surface area contributed by atoms with E-state index in [4.69, 9.17) is 0 Å². The van der Waals surface area contributed by atoms with Crippen LogP contribution in [0.1, 0.15) is 19.8 Å². The van der Waals surface area contributed by atoms with Gasteiger partial charge in [-0.15, -0.1) is 0 Å². The summed E-state index contributed by atoms with van der Waals surface area (Å²) in [5.41, 5.74) is 2.80. The summed E-state index contributed by atoms with van der Waals surface area (Å²) >= 11 is 0. The van der Waals surface area contributed by atoms with E-state index in [-0.39, 0.29) is 17.7 Å². The minimum atomic E-state index is -0.876. The number of carbonyl (C=O) groups is 1. The minimum Gasteiger partial charge on any atom is -0.309 e. The van der Waals surface area contributed by atoms with Crippen molar-refractivity contribution < 1.29 is 4.79 Å². The number of rotatable bonds is 3. The molecule has 2 atom stereocenters. The molecular formula is C20H20N6O. The number of nitrogens with zero attached hydrogens (tertiary/aromatic N) is 6. The average Bonchev–Trinajstić information content (AvgIpc) is 3.16. The fourth-order valence-electron chi connectivity index (χ4n) is 4.46. The first-order chi connectivity index (χ1) is 13.0. The van der Waals surface area contributed by atoms with Crippen molar-refractivity contribution in [1.82, 2.24) is 19.4 Å². The number of aryl methyl sites for hydroxylation is 1. The fourth-order valence-corrected chi connectivity index (χ4v) is 4.46. The van der Waals surface area contributed by atoms with E-state index in [9.17, 15) is 10.1 Å². The molecule has 136 valence electrons. The number of carbonyl (C=O) groups excluding carboxylic acids is 1. The van der Waals surface area contributed by atoms with Gasteiger partial charge in [0, 0.05) is 49.2 Å². The van der Waals surface area contributed by atoms with Crippen LogP contribution in [0.25, 0.3) is 16.6 Å². The van der Waals surface area contributed by atoms with Gasteiger partial charge in [0.15, 0.2) is 0 Å². The average molecular weight is 360 g/mol. The second-order valence-electron chi connectivity index (χ2n) is 7.75. The van der Waals surface area contributed by atoms with Crippen molar-refractivity contribution in [2.24, 2.45) is 24.3 Å². The molecule has 1 saturated carbocycles. The van der Waals surface area contributed by atoms with E-state index >= 15 is 0 Å². The van der Waals surface area contributed by atoms with E-state index in [0.29, 0.717) is 6.54 Å². The molecule has 0 spiro atoms. The summed E-state index contributed by atoms with van der Waals surface area (Å²) < 4.78 is 3.55. The standard InChI is InChI=1S/C20H20N6O/c1-13-9-25(19(27)20(13,12-21)16-3-4-16)17-5-6-22-26-11-14(7-18(17)26)15-8-23-24(2)10-15/h5-8,10-11,13,16H,3-4,9H2,1-2H3/t13-,20-/m1/s1. The number of aromatic nitrogens is 4. The zero-order chi connectivity index (χ0) is 18.8. The van der Waals surface area contributed by atoms with Gasteiger partial charge in [-0.1, -0.05) is 6.92 Å². The Morgan fingerprint density at radius 1 is 1.26 bits per heavy atom. The maximum absolute atomic E-state index is 13.3. The molecule has 27 heavy (non-hydrogen) atoms. The molecule has 0 unspecified atom stereocenters. The van der Waals surface area contributed by atoms with Gasteiger partial charge in [-0.3, -0.25) is 9.48 Å². The molecule has 7 nitrogen and oxygen atoms in total. The Balaban J connectivity index is 1.60. The molecule has 0 radical (unpaired) electrons. The van der Waals surface area contributed by atoms with E-state index in [0.717, 1.165) is 35.2 Å². The quantitative estimate of drug-likeness (QED) is 0.719. The number of nitriles is 1. The zero-order valence-corrected chi connectivity index (χ0v) is 15.3. The van der Waals surface area contributed by atoms with Crippen LogP contribution in [0.4, 0.5) is 5.69 Å². The Morgan fingerprint density at radius 2 is 2.07 bits per heavy atom. The molecule has 5 rings (SSSR count). The van der Waals surface area contributed by atoms with Gasteiger partial charge >= 0.3 is 0 Å². The van der Waals surface area contributed by atoms with E-state index in [2.05, 4.69) is 16.3 Å². The van der Waals surface area contributed by atoms with Crippen molar-refractivity contribution in [2.75, 3.05) is 11.4 Å². The third kappa shape index (κ3) is 2.16. The number of amides is 1. The number of fused-ring (bicyclic) bond motifs is 1. The Kier molecular flexibility index (Phi) is 3.23. The molecule has 3 aromatic rings. The summed E-state index contributed by atoms with van der Waals surface area (Å²) in [7, 11) is 1.88. The molecule has 0 N–H and O–H groups in total. The lowest BCUT2D eigenvalue weighted by Crippen LogP contribution is -2.37. The molecule has 1 aliphatic carbocycles. The second kappa shape index (κ2) is 5.43. The first-order valence-corrected chi connectivity index (χ1v) is 9.24. The third-order valence-electron chi connectivity index (χ3n) is 6.05. The van der Waals surface area contributed by atoms with Crippen LogP contribution < -0.4 is 4.90 Å². The van der Waals surface area contributed by atoms with E-state index in [1.807, 2.05) is 44.7 Å². The summed E-state index contributed by atoms with van der Waals surface area (Å²) in [6.45, 7) is 2.59. The van der Waals surface area contributed by atoms with Gasteiger partial charge in [-0.25, -0.2) is 4.52 Å². The molecule has 1 saturated heterocycles. The maximum atomic E-state index is 13.3. The number of anilines is 1. The fraction of sp³-hybridized carbons (Fsp3) is 0.400. The summed E-state index contributed by atoms with van der Waals surface area (Å²) in [5.74, 6) is 0.159. The van der Waals surface area contributed by atoms with Gasteiger partial charge in [0.2, 0.25) is 5.91 Å². The highest BCUT2D eigenvalue weighted by atomic mass is 16.2. The molecule has 0 aromatic carbocycles. The lowest BCUT2D eigenvalue weighted by Gasteiger charge is -2.23. The van der Waals surface area contributed by atoms with E-state index in [1.54, 1.807) is 20.3 Å². The Bertz CT molecular complexity index is 1100. The normalized spacial score (nSPS) is 25.3. The van der Waals surface area contributed by atoms with Crippen LogP contribution in [0.5, 0.6) is 0 Å². The van der Waals surface area contributed by atoms with Crippen LogP contribution in [0.15, 0.2) is 36.9 Å². The molecule has 4 heterocycles. The topological polar surface area (TPSA) is 79.2 Å². The van der Waals surface area contributed by atoms with Gasteiger partial charge < -0.3 is 4.90 Å². The highest BCUT2D eigenvalue weighted by Crippen LogP contribution is 2.54. The van der Waals surface area contributed by atoms with Crippen molar-refractivity contribution in [3.05, 3.63) is 36.9 Å². The molecule has 0 bridgehead atoms. The Morgan fingerprint density at radius 3 is 2.74 bits per heavy atom. The first-order valence-electron chi connectivity index (χ1n) is 9.24. The third-order valence-corrected chi connectivity index (χ3v) is 6.05. The summed E-state index contributed by atoms with van der Waals surface area (Å²) in [6.07, 6.45) is 9.35. The first kappa shape index (κ1) is 16.1.